The highest BCUT2D eigenvalue weighted by Gasteiger charge is 2.15. The fourth-order valence-electron chi connectivity index (χ4n) is 4.13. The number of fused-ring (bicyclic) bond motifs is 2. The van der Waals surface area contributed by atoms with Gasteiger partial charge in [-0.25, -0.2) is 4.98 Å². The third kappa shape index (κ3) is 3.46. The normalized spacial score (nSPS) is 11.2. The first-order valence-electron chi connectivity index (χ1n) is 10.7. The van der Waals surface area contributed by atoms with Gasteiger partial charge in [-0.1, -0.05) is 48.5 Å². The van der Waals surface area contributed by atoms with E-state index in [1.807, 2.05) is 66.7 Å². The van der Waals surface area contributed by atoms with Crippen LogP contribution in [0, 0.1) is 0 Å². The second-order valence-corrected chi connectivity index (χ2v) is 7.83. The van der Waals surface area contributed by atoms with Gasteiger partial charge in [0.15, 0.2) is 0 Å². The van der Waals surface area contributed by atoms with Crippen LogP contribution >= 0.6 is 0 Å². The van der Waals surface area contributed by atoms with Crippen LogP contribution in [0.15, 0.2) is 108 Å². The highest BCUT2D eigenvalue weighted by Crippen LogP contribution is 2.34. The first kappa shape index (κ1) is 19.1. The molecule has 0 saturated heterocycles. The van der Waals surface area contributed by atoms with Crippen LogP contribution < -0.4 is 5.56 Å². The molecular formula is C28H18N4O. The van der Waals surface area contributed by atoms with Crippen LogP contribution in [0.25, 0.3) is 55.6 Å². The average molecular weight is 426 g/mol. The SMILES string of the molecule is O=c1[nH]c2nc(-c3ccccc3)c(-c3ccc4ncccc4c3)cc2cc1-c1ccccn1. The van der Waals surface area contributed by atoms with Gasteiger partial charge in [0.1, 0.15) is 5.65 Å². The van der Waals surface area contributed by atoms with Gasteiger partial charge in [0.05, 0.1) is 22.5 Å². The van der Waals surface area contributed by atoms with E-state index in [0.29, 0.717) is 16.9 Å². The number of H-pyrrole nitrogens is 1. The number of aromatic nitrogens is 4. The van der Waals surface area contributed by atoms with Gasteiger partial charge in [-0.05, 0) is 48.0 Å². The Labute approximate surface area is 189 Å². The number of nitrogens with one attached hydrogen (secondary N) is 1. The maximum atomic E-state index is 12.8. The van der Waals surface area contributed by atoms with E-state index in [9.17, 15) is 4.79 Å². The molecule has 5 nitrogen and oxygen atoms in total. The summed E-state index contributed by atoms with van der Waals surface area (Å²) in [5.74, 6) is 0. The molecule has 0 spiro atoms. The maximum absolute atomic E-state index is 12.8. The van der Waals surface area contributed by atoms with E-state index in [4.69, 9.17) is 4.98 Å². The molecule has 0 aliphatic carbocycles. The predicted octanol–water partition coefficient (Wildman–Crippen LogP) is 5.87. The van der Waals surface area contributed by atoms with Crippen molar-refractivity contribution in [3.8, 4) is 33.6 Å². The van der Waals surface area contributed by atoms with Crippen molar-refractivity contribution in [2.24, 2.45) is 0 Å². The summed E-state index contributed by atoms with van der Waals surface area (Å²) < 4.78 is 0. The Kier molecular flexibility index (Phi) is 4.51. The molecule has 0 saturated carbocycles. The minimum absolute atomic E-state index is 0.211. The second-order valence-electron chi connectivity index (χ2n) is 7.83. The molecule has 6 aromatic rings. The topological polar surface area (TPSA) is 71.5 Å². The van der Waals surface area contributed by atoms with E-state index >= 15 is 0 Å². The molecule has 4 heterocycles. The van der Waals surface area contributed by atoms with Crippen LogP contribution in [0.1, 0.15) is 0 Å². The average Bonchev–Trinajstić information content (AvgIpc) is 2.88. The molecule has 33 heavy (non-hydrogen) atoms. The standard InChI is InChI=1S/C28H18N4O/c33-28-23(25-10-4-5-13-30-25)17-21-16-22(19-11-12-24-20(15-19)9-6-14-29-24)26(31-27(21)32-28)18-7-2-1-3-8-18/h1-17H,(H,31,32,33). The fraction of sp³-hybridized carbons (Fsp3) is 0. The zero-order chi connectivity index (χ0) is 22.2. The number of nitrogens with zero attached hydrogens (tertiary/aromatic N) is 3. The molecule has 5 heteroatoms. The Morgan fingerprint density at radius 2 is 1.45 bits per heavy atom. The number of pyridine rings is 4. The van der Waals surface area contributed by atoms with E-state index in [-0.39, 0.29) is 5.56 Å². The van der Waals surface area contributed by atoms with Crippen LogP contribution in [0.4, 0.5) is 0 Å². The Hall–Kier alpha value is -4.64. The van der Waals surface area contributed by atoms with Gasteiger partial charge < -0.3 is 4.98 Å². The minimum atomic E-state index is -0.211. The van der Waals surface area contributed by atoms with Crippen molar-refractivity contribution in [3.63, 3.8) is 0 Å². The molecule has 0 aliphatic rings. The van der Waals surface area contributed by atoms with Crippen LogP contribution in [-0.4, -0.2) is 19.9 Å². The molecule has 0 aliphatic heterocycles. The fourth-order valence-corrected chi connectivity index (χ4v) is 4.13. The molecule has 0 amide bonds. The third-order valence-electron chi connectivity index (χ3n) is 5.73. The summed E-state index contributed by atoms with van der Waals surface area (Å²) in [7, 11) is 0. The van der Waals surface area contributed by atoms with Gasteiger partial charge in [0, 0.05) is 34.3 Å². The Morgan fingerprint density at radius 1 is 0.636 bits per heavy atom. The van der Waals surface area contributed by atoms with E-state index in [1.165, 1.54) is 0 Å². The first-order chi connectivity index (χ1) is 16.3. The van der Waals surface area contributed by atoms with Gasteiger partial charge in [-0.15, -0.1) is 0 Å². The summed E-state index contributed by atoms with van der Waals surface area (Å²) in [6, 6.07) is 29.7. The number of hydrogen-bond acceptors (Lipinski definition) is 4. The lowest BCUT2D eigenvalue weighted by molar-refractivity contribution is 1.22. The van der Waals surface area contributed by atoms with E-state index < -0.39 is 0 Å². The number of rotatable bonds is 3. The molecule has 0 fully saturated rings. The Bertz CT molecular complexity index is 1680. The second kappa shape index (κ2) is 7.80. The van der Waals surface area contributed by atoms with Crippen molar-refractivity contribution in [2.75, 3.05) is 0 Å². The van der Waals surface area contributed by atoms with Crippen molar-refractivity contribution < 1.29 is 0 Å². The Morgan fingerprint density at radius 3 is 2.30 bits per heavy atom. The molecular weight excluding hydrogens is 408 g/mol. The van der Waals surface area contributed by atoms with E-state index in [2.05, 4.69) is 39.2 Å². The lowest BCUT2D eigenvalue weighted by Gasteiger charge is -2.13. The van der Waals surface area contributed by atoms with Crippen molar-refractivity contribution in [1.29, 1.82) is 0 Å². The quantitative estimate of drug-likeness (QED) is 0.384. The van der Waals surface area contributed by atoms with Crippen LogP contribution in [-0.2, 0) is 0 Å². The van der Waals surface area contributed by atoms with Crippen molar-refractivity contribution >= 4 is 21.9 Å². The molecule has 0 unspecified atom stereocenters. The summed E-state index contributed by atoms with van der Waals surface area (Å²) in [5, 5.41) is 1.90. The molecule has 2 aromatic carbocycles. The highest BCUT2D eigenvalue weighted by molar-refractivity contribution is 5.94. The first-order valence-corrected chi connectivity index (χ1v) is 10.7. The molecule has 0 atom stereocenters. The predicted molar refractivity (Wildman–Crippen MR) is 132 cm³/mol. The Balaban J connectivity index is 1.64. The minimum Gasteiger partial charge on any atom is -0.306 e. The van der Waals surface area contributed by atoms with Crippen molar-refractivity contribution in [1.82, 2.24) is 19.9 Å². The molecule has 0 radical (unpaired) electrons. The summed E-state index contributed by atoms with van der Waals surface area (Å²) >= 11 is 0. The van der Waals surface area contributed by atoms with Gasteiger partial charge in [0.2, 0.25) is 0 Å². The van der Waals surface area contributed by atoms with Gasteiger partial charge in [0.25, 0.3) is 5.56 Å². The van der Waals surface area contributed by atoms with Crippen molar-refractivity contribution in [3.05, 3.63) is 114 Å². The number of hydrogen-bond donors (Lipinski definition) is 1. The van der Waals surface area contributed by atoms with Crippen LogP contribution in [0.3, 0.4) is 0 Å². The summed E-state index contributed by atoms with van der Waals surface area (Å²) in [6.45, 7) is 0. The molecule has 156 valence electrons. The van der Waals surface area contributed by atoms with Crippen molar-refractivity contribution in [2.45, 2.75) is 0 Å². The largest absolute Gasteiger partial charge is 0.306 e. The highest BCUT2D eigenvalue weighted by atomic mass is 16.1. The van der Waals surface area contributed by atoms with Crippen LogP contribution in [0.5, 0.6) is 0 Å². The summed E-state index contributed by atoms with van der Waals surface area (Å²) in [5.41, 5.74) is 6.24. The van der Waals surface area contributed by atoms with Gasteiger partial charge >= 0.3 is 0 Å². The summed E-state index contributed by atoms with van der Waals surface area (Å²) in [6.07, 6.45) is 3.48. The maximum Gasteiger partial charge on any atom is 0.259 e. The van der Waals surface area contributed by atoms with E-state index in [1.54, 1.807) is 12.4 Å². The lowest BCUT2D eigenvalue weighted by Crippen LogP contribution is -2.10. The zero-order valence-electron chi connectivity index (χ0n) is 17.6. The smallest absolute Gasteiger partial charge is 0.259 e. The molecule has 1 N–H and O–H groups in total. The van der Waals surface area contributed by atoms with Gasteiger partial charge in [-0.3, -0.25) is 14.8 Å². The van der Waals surface area contributed by atoms with Crippen LogP contribution in [0.2, 0.25) is 0 Å². The molecule has 0 bridgehead atoms. The lowest BCUT2D eigenvalue weighted by atomic mass is 9.96. The zero-order valence-corrected chi connectivity index (χ0v) is 17.6. The van der Waals surface area contributed by atoms with E-state index in [0.717, 1.165) is 38.7 Å². The summed E-state index contributed by atoms with van der Waals surface area (Å²) in [4.78, 5) is 29.5. The molecule has 6 rings (SSSR count). The third-order valence-corrected chi connectivity index (χ3v) is 5.73. The number of aromatic amines is 1. The van der Waals surface area contributed by atoms with Gasteiger partial charge in [-0.2, -0.15) is 0 Å². The number of benzene rings is 2. The molecule has 4 aromatic heterocycles. The monoisotopic (exact) mass is 426 g/mol.